The highest BCUT2D eigenvalue weighted by molar-refractivity contribution is 5.83. The number of nitrogens with one attached hydrogen (secondary N) is 1. The molecule has 0 aromatic carbocycles. The van der Waals surface area contributed by atoms with Gasteiger partial charge in [-0.1, -0.05) is 13.8 Å². The third-order valence-corrected chi connectivity index (χ3v) is 4.52. The second-order valence-corrected chi connectivity index (χ2v) is 6.60. The first kappa shape index (κ1) is 13.8. The van der Waals surface area contributed by atoms with Crippen molar-refractivity contribution in [1.82, 2.24) is 10.2 Å². The molecule has 0 spiro atoms. The lowest BCUT2D eigenvalue weighted by molar-refractivity contribution is -0.146. The van der Waals surface area contributed by atoms with Gasteiger partial charge in [0.15, 0.2) is 0 Å². The fourth-order valence-corrected chi connectivity index (χ4v) is 3.04. The standard InChI is InChI=1S/C14H26N2O2/c1-13(2)5-8-16(9-6-13)12(17)14(11-18-3)4-7-15-10-14/h15H,4-11H2,1-3H3. The Hall–Kier alpha value is -0.610. The molecule has 2 saturated heterocycles. The first-order valence-corrected chi connectivity index (χ1v) is 6.98. The van der Waals surface area contributed by atoms with Gasteiger partial charge in [0.1, 0.15) is 0 Å². The van der Waals surface area contributed by atoms with Gasteiger partial charge in [0.25, 0.3) is 0 Å². The third kappa shape index (κ3) is 2.69. The van der Waals surface area contributed by atoms with E-state index in [1.807, 2.05) is 0 Å². The van der Waals surface area contributed by atoms with E-state index in [1.54, 1.807) is 7.11 Å². The van der Waals surface area contributed by atoms with Crippen LogP contribution in [0.15, 0.2) is 0 Å². The summed E-state index contributed by atoms with van der Waals surface area (Å²) in [4.78, 5) is 14.8. The van der Waals surface area contributed by atoms with Gasteiger partial charge in [0, 0.05) is 26.7 Å². The Balaban J connectivity index is 2.01. The lowest BCUT2D eigenvalue weighted by atomic mass is 9.80. The molecule has 104 valence electrons. The molecule has 2 aliphatic heterocycles. The van der Waals surface area contributed by atoms with E-state index in [0.29, 0.717) is 17.9 Å². The summed E-state index contributed by atoms with van der Waals surface area (Å²) in [5.41, 5.74) is 0.0787. The van der Waals surface area contributed by atoms with Crippen LogP contribution in [0.3, 0.4) is 0 Å². The molecule has 0 saturated carbocycles. The van der Waals surface area contributed by atoms with Crippen molar-refractivity contribution in [3.05, 3.63) is 0 Å². The van der Waals surface area contributed by atoms with Crippen LogP contribution in [0.5, 0.6) is 0 Å². The van der Waals surface area contributed by atoms with Crippen LogP contribution < -0.4 is 5.32 Å². The summed E-state index contributed by atoms with van der Waals surface area (Å²) in [6.45, 7) is 8.61. The SMILES string of the molecule is COCC1(C(=O)N2CCC(C)(C)CC2)CCNC1. The van der Waals surface area contributed by atoms with Gasteiger partial charge in [0.2, 0.25) is 5.91 Å². The summed E-state index contributed by atoms with van der Waals surface area (Å²) in [5.74, 6) is 0.296. The van der Waals surface area contributed by atoms with E-state index in [-0.39, 0.29) is 5.41 Å². The molecule has 0 aromatic heterocycles. The molecule has 1 unspecified atom stereocenters. The van der Waals surface area contributed by atoms with Gasteiger partial charge in [-0.3, -0.25) is 4.79 Å². The molecular formula is C14H26N2O2. The molecule has 2 heterocycles. The monoisotopic (exact) mass is 254 g/mol. The molecule has 4 nitrogen and oxygen atoms in total. The van der Waals surface area contributed by atoms with Crippen LogP contribution in [0.2, 0.25) is 0 Å². The predicted octanol–water partition coefficient (Wildman–Crippen LogP) is 1.26. The van der Waals surface area contributed by atoms with Crippen LogP contribution in [0.4, 0.5) is 0 Å². The Morgan fingerprint density at radius 2 is 1.94 bits per heavy atom. The average molecular weight is 254 g/mol. The van der Waals surface area contributed by atoms with Gasteiger partial charge in [-0.2, -0.15) is 0 Å². The maximum absolute atomic E-state index is 12.7. The molecule has 1 amide bonds. The van der Waals surface area contributed by atoms with Crippen molar-refractivity contribution in [3.63, 3.8) is 0 Å². The fourth-order valence-electron chi connectivity index (χ4n) is 3.04. The van der Waals surface area contributed by atoms with Gasteiger partial charge in [-0.25, -0.2) is 0 Å². The Morgan fingerprint density at radius 1 is 1.28 bits per heavy atom. The normalized spacial score (nSPS) is 31.6. The van der Waals surface area contributed by atoms with E-state index in [9.17, 15) is 4.79 Å². The smallest absolute Gasteiger partial charge is 0.232 e. The first-order chi connectivity index (χ1) is 8.49. The van der Waals surface area contributed by atoms with E-state index in [0.717, 1.165) is 45.4 Å². The van der Waals surface area contributed by atoms with Crippen LogP contribution in [-0.4, -0.2) is 50.7 Å². The van der Waals surface area contributed by atoms with Gasteiger partial charge in [0.05, 0.1) is 12.0 Å². The number of likely N-dealkylation sites (tertiary alicyclic amines) is 1. The van der Waals surface area contributed by atoms with Crippen LogP contribution in [0, 0.1) is 10.8 Å². The van der Waals surface area contributed by atoms with Crippen molar-refractivity contribution in [2.45, 2.75) is 33.1 Å². The fraction of sp³-hybridized carbons (Fsp3) is 0.929. The van der Waals surface area contributed by atoms with Crippen LogP contribution in [0.1, 0.15) is 33.1 Å². The Labute approximate surface area is 110 Å². The van der Waals surface area contributed by atoms with Crippen LogP contribution >= 0.6 is 0 Å². The van der Waals surface area contributed by atoms with E-state index < -0.39 is 0 Å². The number of hydrogen-bond acceptors (Lipinski definition) is 3. The Kier molecular flexibility index (Phi) is 3.97. The summed E-state index contributed by atoms with van der Waals surface area (Å²) < 4.78 is 5.29. The first-order valence-electron chi connectivity index (χ1n) is 6.98. The van der Waals surface area contributed by atoms with Crippen molar-refractivity contribution in [3.8, 4) is 0 Å². The molecule has 1 atom stereocenters. The number of methoxy groups -OCH3 is 1. The van der Waals surface area contributed by atoms with Crippen molar-refractivity contribution >= 4 is 5.91 Å². The molecule has 4 heteroatoms. The topological polar surface area (TPSA) is 41.6 Å². The summed E-state index contributed by atoms with van der Waals surface area (Å²) in [5, 5.41) is 3.31. The summed E-state index contributed by atoms with van der Waals surface area (Å²) >= 11 is 0. The number of carbonyl (C=O) groups excluding carboxylic acids is 1. The highest BCUT2D eigenvalue weighted by Gasteiger charge is 2.44. The summed E-state index contributed by atoms with van der Waals surface area (Å²) in [6, 6.07) is 0. The minimum atomic E-state index is -0.309. The van der Waals surface area contributed by atoms with Gasteiger partial charge < -0.3 is 15.0 Å². The second-order valence-electron chi connectivity index (χ2n) is 6.60. The number of piperidine rings is 1. The third-order valence-electron chi connectivity index (χ3n) is 4.52. The molecule has 0 aliphatic carbocycles. The van der Waals surface area contributed by atoms with Gasteiger partial charge in [-0.15, -0.1) is 0 Å². The van der Waals surface area contributed by atoms with E-state index in [2.05, 4.69) is 24.1 Å². The molecule has 2 aliphatic rings. The molecule has 2 fully saturated rings. The molecule has 0 radical (unpaired) electrons. The molecule has 2 rings (SSSR count). The minimum absolute atomic E-state index is 0.296. The average Bonchev–Trinajstić information content (AvgIpc) is 2.78. The number of rotatable bonds is 3. The predicted molar refractivity (Wildman–Crippen MR) is 71.4 cm³/mol. The van der Waals surface area contributed by atoms with E-state index in [4.69, 9.17) is 4.74 Å². The Bertz CT molecular complexity index is 299. The highest BCUT2D eigenvalue weighted by Crippen LogP contribution is 2.34. The quantitative estimate of drug-likeness (QED) is 0.824. The summed E-state index contributed by atoms with van der Waals surface area (Å²) in [6.07, 6.45) is 3.12. The highest BCUT2D eigenvalue weighted by atomic mass is 16.5. The molecule has 0 aromatic rings. The van der Waals surface area contributed by atoms with Crippen LogP contribution in [-0.2, 0) is 9.53 Å². The number of carbonyl (C=O) groups is 1. The second kappa shape index (κ2) is 5.17. The molecule has 1 N–H and O–H groups in total. The lowest BCUT2D eigenvalue weighted by Crippen LogP contribution is -2.51. The Morgan fingerprint density at radius 3 is 2.44 bits per heavy atom. The number of nitrogens with zero attached hydrogens (tertiary/aromatic N) is 1. The van der Waals surface area contributed by atoms with Gasteiger partial charge >= 0.3 is 0 Å². The van der Waals surface area contributed by atoms with Crippen molar-refractivity contribution in [2.75, 3.05) is 39.9 Å². The largest absolute Gasteiger partial charge is 0.384 e. The molecule has 18 heavy (non-hydrogen) atoms. The zero-order chi connectivity index (χ0) is 13.2. The van der Waals surface area contributed by atoms with Crippen molar-refractivity contribution in [1.29, 1.82) is 0 Å². The lowest BCUT2D eigenvalue weighted by Gasteiger charge is -2.40. The number of amides is 1. The zero-order valence-corrected chi connectivity index (χ0v) is 11.9. The number of hydrogen-bond donors (Lipinski definition) is 1. The van der Waals surface area contributed by atoms with Gasteiger partial charge in [-0.05, 0) is 31.2 Å². The van der Waals surface area contributed by atoms with E-state index in [1.165, 1.54) is 0 Å². The maximum Gasteiger partial charge on any atom is 0.232 e. The minimum Gasteiger partial charge on any atom is -0.384 e. The molecule has 0 bridgehead atoms. The van der Waals surface area contributed by atoms with Crippen LogP contribution in [0.25, 0.3) is 0 Å². The van der Waals surface area contributed by atoms with E-state index >= 15 is 0 Å². The van der Waals surface area contributed by atoms with Crippen molar-refractivity contribution in [2.24, 2.45) is 10.8 Å². The zero-order valence-electron chi connectivity index (χ0n) is 11.9. The maximum atomic E-state index is 12.7. The number of ether oxygens (including phenoxy) is 1. The molecular weight excluding hydrogens is 228 g/mol. The van der Waals surface area contributed by atoms with Crippen molar-refractivity contribution < 1.29 is 9.53 Å². The summed E-state index contributed by atoms with van der Waals surface area (Å²) in [7, 11) is 1.69.